The SMILES string of the molecule is CCCNC(=O)N1CC(C(C)C(=O)O)C1. The van der Waals surface area contributed by atoms with Crippen LogP contribution in [0.4, 0.5) is 4.79 Å². The highest BCUT2D eigenvalue weighted by Gasteiger charge is 2.36. The summed E-state index contributed by atoms with van der Waals surface area (Å²) in [5.74, 6) is -1.04. The van der Waals surface area contributed by atoms with E-state index in [2.05, 4.69) is 5.32 Å². The van der Waals surface area contributed by atoms with Crippen LogP contribution < -0.4 is 5.32 Å². The van der Waals surface area contributed by atoms with Crippen LogP contribution in [-0.4, -0.2) is 41.6 Å². The van der Waals surface area contributed by atoms with Crippen molar-refractivity contribution in [3.63, 3.8) is 0 Å². The molecule has 1 rings (SSSR count). The molecule has 0 bridgehead atoms. The Morgan fingerprint density at radius 3 is 2.60 bits per heavy atom. The van der Waals surface area contributed by atoms with Gasteiger partial charge in [-0.05, 0) is 6.42 Å². The van der Waals surface area contributed by atoms with E-state index >= 15 is 0 Å². The lowest BCUT2D eigenvalue weighted by atomic mass is 9.87. The van der Waals surface area contributed by atoms with E-state index in [-0.39, 0.29) is 17.9 Å². The lowest BCUT2D eigenvalue weighted by Gasteiger charge is -2.41. The summed E-state index contributed by atoms with van der Waals surface area (Å²) >= 11 is 0. The Morgan fingerprint density at radius 2 is 2.13 bits per heavy atom. The van der Waals surface area contributed by atoms with Crippen LogP contribution in [0.15, 0.2) is 0 Å². The van der Waals surface area contributed by atoms with Crippen molar-refractivity contribution in [3.8, 4) is 0 Å². The Balaban J connectivity index is 2.25. The minimum atomic E-state index is -0.784. The van der Waals surface area contributed by atoms with E-state index in [0.717, 1.165) is 6.42 Å². The van der Waals surface area contributed by atoms with Gasteiger partial charge < -0.3 is 15.3 Å². The fraction of sp³-hybridized carbons (Fsp3) is 0.800. The molecule has 1 aliphatic rings. The smallest absolute Gasteiger partial charge is 0.317 e. The third-order valence-electron chi connectivity index (χ3n) is 2.82. The Bertz CT molecular complexity index is 249. The van der Waals surface area contributed by atoms with Crippen LogP contribution in [0, 0.1) is 11.8 Å². The van der Waals surface area contributed by atoms with Gasteiger partial charge in [-0.2, -0.15) is 0 Å². The molecule has 0 aromatic rings. The lowest BCUT2D eigenvalue weighted by molar-refractivity contribution is -0.144. The number of urea groups is 1. The van der Waals surface area contributed by atoms with Gasteiger partial charge in [-0.1, -0.05) is 13.8 Å². The van der Waals surface area contributed by atoms with Crippen molar-refractivity contribution in [2.75, 3.05) is 19.6 Å². The summed E-state index contributed by atoms with van der Waals surface area (Å²) in [4.78, 5) is 23.7. The highest BCUT2D eigenvalue weighted by Crippen LogP contribution is 2.23. The van der Waals surface area contributed by atoms with Crippen LogP contribution in [0.2, 0.25) is 0 Å². The molecular formula is C10H18N2O3. The molecule has 2 amide bonds. The molecule has 0 aromatic heterocycles. The van der Waals surface area contributed by atoms with Crippen molar-refractivity contribution in [3.05, 3.63) is 0 Å². The molecule has 2 N–H and O–H groups in total. The van der Waals surface area contributed by atoms with E-state index in [9.17, 15) is 9.59 Å². The van der Waals surface area contributed by atoms with E-state index in [0.29, 0.717) is 19.6 Å². The molecule has 1 atom stereocenters. The van der Waals surface area contributed by atoms with E-state index in [1.807, 2.05) is 6.92 Å². The van der Waals surface area contributed by atoms with Crippen molar-refractivity contribution >= 4 is 12.0 Å². The number of nitrogens with zero attached hydrogens (tertiary/aromatic N) is 1. The first-order valence-electron chi connectivity index (χ1n) is 5.31. The minimum Gasteiger partial charge on any atom is -0.481 e. The Hall–Kier alpha value is -1.26. The van der Waals surface area contributed by atoms with Gasteiger partial charge in [-0.25, -0.2) is 4.79 Å². The number of amides is 2. The Morgan fingerprint density at radius 1 is 1.53 bits per heavy atom. The standard InChI is InChI=1S/C10H18N2O3/c1-3-4-11-10(15)12-5-8(6-12)7(2)9(13)14/h7-8H,3-6H2,1-2H3,(H,11,15)(H,13,14). The molecule has 1 aliphatic heterocycles. The second-order valence-corrected chi connectivity index (χ2v) is 4.02. The van der Waals surface area contributed by atoms with E-state index in [1.165, 1.54) is 0 Å². The third-order valence-corrected chi connectivity index (χ3v) is 2.82. The number of likely N-dealkylation sites (tertiary alicyclic amines) is 1. The summed E-state index contributed by atoms with van der Waals surface area (Å²) in [6.07, 6.45) is 0.911. The number of nitrogens with one attached hydrogen (secondary N) is 1. The first-order valence-corrected chi connectivity index (χ1v) is 5.31. The van der Waals surface area contributed by atoms with Crippen LogP contribution in [0.25, 0.3) is 0 Å². The van der Waals surface area contributed by atoms with Gasteiger partial charge in [0.1, 0.15) is 0 Å². The second-order valence-electron chi connectivity index (χ2n) is 4.02. The van der Waals surface area contributed by atoms with E-state index in [4.69, 9.17) is 5.11 Å². The summed E-state index contributed by atoms with van der Waals surface area (Å²) < 4.78 is 0. The fourth-order valence-electron chi connectivity index (χ4n) is 1.54. The summed E-state index contributed by atoms with van der Waals surface area (Å²) in [7, 11) is 0. The molecule has 15 heavy (non-hydrogen) atoms. The molecule has 0 aromatic carbocycles. The van der Waals surface area contributed by atoms with Gasteiger partial charge in [0.15, 0.2) is 0 Å². The zero-order chi connectivity index (χ0) is 11.4. The predicted molar refractivity (Wildman–Crippen MR) is 55.6 cm³/mol. The number of rotatable bonds is 4. The maximum absolute atomic E-state index is 11.4. The van der Waals surface area contributed by atoms with Gasteiger partial charge in [0.05, 0.1) is 5.92 Å². The molecule has 86 valence electrons. The highest BCUT2D eigenvalue weighted by molar-refractivity contribution is 5.76. The predicted octanol–water partition coefficient (Wildman–Crippen LogP) is 0.759. The maximum Gasteiger partial charge on any atom is 0.317 e. The summed E-state index contributed by atoms with van der Waals surface area (Å²) in [5, 5.41) is 11.5. The number of carbonyl (C=O) groups excluding carboxylic acids is 1. The highest BCUT2D eigenvalue weighted by atomic mass is 16.4. The first-order chi connectivity index (χ1) is 7.06. The quantitative estimate of drug-likeness (QED) is 0.725. The average Bonchev–Trinajstić information content (AvgIpc) is 2.11. The number of carbonyl (C=O) groups is 2. The van der Waals surface area contributed by atoms with Crippen molar-refractivity contribution in [2.24, 2.45) is 11.8 Å². The Kier molecular flexibility index (Phi) is 3.94. The zero-order valence-corrected chi connectivity index (χ0v) is 9.19. The van der Waals surface area contributed by atoms with Gasteiger partial charge >= 0.3 is 12.0 Å². The fourth-order valence-corrected chi connectivity index (χ4v) is 1.54. The molecule has 5 heteroatoms. The van der Waals surface area contributed by atoms with Crippen LogP contribution in [0.3, 0.4) is 0 Å². The molecule has 0 saturated carbocycles. The van der Waals surface area contributed by atoms with Crippen LogP contribution in [-0.2, 0) is 4.79 Å². The third kappa shape index (κ3) is 2.84. The number of carboxylic acid groups (broad SMARTS) is 1. The van der Waals surface area contributed by atoms with Crippen molar-refractivity contribution in [1.29, 1.82) is 0 Å². The van der Waals surface area contributed by atoms with Gasteiger partial charge in [0, 0.05) is 25.6 Å². The minimum absolute atomic E-state index is 0.0781. The van der Waals surface area contributed by atoms with Gasteiger partial charge in [0.25, 0.3) is 0 Å². The summed E-state index contributed by atoms with van der Waals surface area (Å²) in [6, 6.07) is -0.0781. The molecular weight excluding hydrogens is 196 g/mol. The van der Waals surface area contributed by atoms with Crippen molar-refractivity contribution in [1.82, 2.24) is 10.2 Å². The van der Waals surface area contributed by atoms with Crippen LogP contribution in [0.5, 0.6) is 0 Å². The first kappa shape index (κ1) is 11.8. The van der Waals surface area contributed by atoms with Crippen LogP contribution in [0.1, 0.15) is 20.3 Å². The molecule has 5 nitrogen and oxygen atoms in total. The van der Waals surface area contributed by atoms with Gasteiger partial charge in [-0.15, -0.1) is 0 Å². The largest absolute Gasteiger partial charge is 0.481 e. The zero-order valence-electron chi connectivity index (χ0n) is 9.19. The van der Waals surface area contributed by atoms with Crippen molar-refractivity contribution in [2.45, 2.75) is 20.3 Å². The number of hydrogen-bond acceptors (Lipinski definition) is 2. The molecule has 0 aliphatic carbocycles. The van der Waals surface area contributed by atoms with Crippen LogP contribution >= 0.6 is 0 Å². The topological polar surface area (TPSA) is 69.6 Å². The molecule has 0 radical (unpaired) electrons. The lowest BCUT2D eigenvalue weighted by Crippen LogP contribution is -2.56. The summed E-state index contributed by atoms with van der Waals surface area (Å²) in [5.41, 5.74) is 0. The van der Waals surface area contributed by atoms with E-state index in [1.54, 1.807) is 11.8 Å². The van der Waals surface area contributed by atoms with Gasteiger partial charge in [-0.3, -0.25) is 4.79 Å². The number of carboxylic acids is 1. The van der Waals surface area contributed by atoms with E-state index < -0.39 is 5.97 Å². The molecule has 1 fully saturated rings. The number of aliphatic carboxylic acids is 1. The average molecular weight is 214 g/mol. The molecule has 1 heterocycles. The Labute approximate surface area is 89.4 Å². The molecule has 0 spiro atoms. The van der Waals surface area contributed by atoms with Gasteiger partial charge in [0.2, 0.25) is 0 Å². The van der Waals surface area contributed by atoms with Crippen molar-refractivity contribution < 1.29 is 14.7 Å². The summed E-state index contributed by atoms with van der Waals surface area (Å²) in [6.45, 7) is 5.47. The molecule has 1 unspecified atom stereocenters. The number of hydrogen-bond donors (Lipinski definition) is 2. The monoisotopic (exact) mass is 214 g/mol. The second kappa shape index (κ2) is 5.00. The molecule has 1 saturated heterocycles. The maximum atomic E-state index is 11.4. The normalized spacial score (nSPS) is 18.1.